The van der Waals surface area contributed by atoms with Crippen LogP contribution in [0.25, 0.3) is 0 Å². The topological polar surface area (TPSA) is 63.4 Å². The van der Waals surface area contributed by atoms with E-state index in [-0.39, 0.29) is 17.0 Å². The number of hydrogen-bond acceptors (Lipinski definition) is 3. The van der Waals surface area contributed by atoms with Crippen LogP contribution in [-0.2, 0) is 16.6 Å². The summed E-state index contributed by atoms with van der Waals surface area (Å²) < 4.78 is 39.9. The van der Waals surface area contributed by atoms with Crippen LogP contribution in [0.2, 0.25) is 0 Å². The first-order valence-electron chi connectivity index (χ1n) is 6.65. The van der Waals surface area contributed by atoms with Crippen LogP contribution in [0.1, 0.15) is 31.4 Å². The molecule has 0 spiro atoms. The maximum Gasteiger partial charge on any atom is 0.242 e. The molecule has 4 nitrogen and oxygen atoms in total. The first-order valence-corrected chi connectivity index (χ1v) is 8.09. The zero-order valence-corrected chi connectivity index (χ0v) is 13.3. The van der Waals surface area contributed by atoms with Gasteiger partial charge in [-0.3, -0.25) is 0 Å². The number of aryl methyl sites for hydroxylation is 1. The van der Waals surface area contributed by atoms with Crippen molar-refractivity contribution in [2.24, 2.45) is 11.7 Å². The summed E-state index contributed by atoms with van der Waals surface area (Å²) >= 11 is 0. The molecule has 1 aromatic rings. The van der Waals surface area contributed by atoms with Gasteiger partial charge in [-0.25, -0.2) is 17.1 Å². The van der Waals surface area contributed by atoms with Crippen LogP contribution in [0.15, 0.2) is 17.0 Å². The lowest BCUT2D eigenvalue weighted by atomic mass is 10.1. The molecule has 20 heavy (non-hydrogen) atoms. The van der Waals surface area contributed by atoms with Gasteiger partial charge in [0.05, 0.1) is 4.90 Å². The molecule has 0 aliphatic heterocycles. The molecule has 1 rings (SSSR count). The molecular weight excluding hydrogens is 279 g/mol. The quantitative estimate of drug-likeness (QED) is 0.876. The van der Waals surface area contributed by atoms with Gasteiger partial charge in [0.25, 0.3) is 0 Å². The van der Waals surface area contributed by atoms with Crippen LogP contribution in [-0.4, -0.2) is 26.3 Å². The van der Waals surface area contributed by atoms with Crippen molar-refractivity contribution < 1.29 is 12.8 Å². The Kier molecular flexibility index (Phi) is 5.68. The molecule has 114 valence electrons. The van der Waals surface area contributed by atoms with E-state index in [1.165, 1.54) is 16.4 Å². The fourth-order valence-electron chi connectivity index (χ4n) is 1.84. The predicted octanol–water partition coefficient (Wildman–Crippen LogP) is 2.26. The van der Waals surface area contributed by atoms with E-state index in [1.807, 2.05) is 13.8 Å². The zero-order valence-electron chi connectivity index (χ0n) is 12.5. The summed E-state index contributed by atoms with van der Waals surface area (Å²) in [4.78, 5) is 0.100. The summed E-state index contributed by atoms with van der Waals surface area (Å²) in [6.45, 7) is 6.03. The Morgan fingerprint density at radius 3 is 2.45 bits per heavy atom. The normalized spacial score (nSPS) is 12.4. The molecule has 2 N–H and O–H groups in total. The van der Waals surface area contributed by atoms with Gasteiger partial charge in [0.2, 0.25) is 10.0 Å². The van der Waals surface area contributed by atoms with Gasteiger partial charge in [0.1, 0.15) is 5.82 Å². The summed E-state index contributed by atoms with van der Waals surface area (Å²) in [6.07, 6.45) is 0.777. The molecule has 0 atom stereocenters. The van der Waals surface area contributed by atoms with Gasteiger partial charge in [-0.05, 0) is 37.0 Å². The van der Waals surface area contributed by atoms with Crippen LogP contribution in [0.4, 0.5) is 4.39 Å². The van der Waals surface area contributed by atoms with E-state index in [2.05, 4.69) is 0 Å². The molecule has 0 saturated carbocycles. The lowest BCUT2D eigenvalue weighted by Crippen LogP contribution is -2.29. The Labute approximate surface area is 120 Å². The molecule has 0 aliphatic rings. The average Bonchev–Trinajstić information content (AvgIpc) is 2.38. The molecule has 1 aromatic carbocycles. The van der Waals surface area contributed by atoms with Crippen molar-refractivity contribution in [1.82, 2.24) is 4.31 Å². The molecule has 0 aliphatic carbocycles. The molecule has 0 saturated heterocycles. The van der Waals surface area contributed by atoms with Crippen molar-refractivity contribution in [2.45, 2.75) is 38.6 Å². The van der Waals surface area contributed by atoms with Crippen LogP contribution < -0.4 is 5.73 Å². The number of halogens is 1. The van der Waals surface area contributed by atoms with E-state index in [9.17, 15) is 12.8 Å². The van der Waals surface area contributed by atoms with E-state index >= 15 is 0 Å². The summed E-state index contributed by atoms with van der Waals surface area (Å²) in [5, 5.41) is 0. The highest BCUT2D eigenvalue weighted by Gasteiger charge is 2.22. The lowest BCUT2D eigenvalue weighted by molar-refractivity contribution is 0.428. The molecule has 0 radical (unpaired) electrons. The Bertz CT molecular complexity index is 571. The zero-order chi connectivity index (χ0) is 15.5. The van der Waals surface area contributed by atoms with Gasteiger partial charge in [0, 0.05) is 25.7 Å². The minimum absolute atomic E-state index is 0.0221. The summed E-state index contributed by atoms with van der Waals surface area (Å²) in [7, 11) is -2.06. The third-order valence-electron chi connectivity index (χ3n) is 3.25. The SMILES string of the molecule is Cc1cc(S(=O)(=O)N(C)CCC(C)C)cc(CN)c1F. The number of nitrogens with two attached hydrogens (primary N) is 1. The second-order valence-electron chi connectivity index (χ2n) is 5.43. The van der Waals surface area contributed by atoms with Crippen LogP contribution in [0.3, 0.4) is 0 Å². The van der Waals surface area contributed by atoms with Gasteiger partial charge >= 0.3 is 0 Å². The first kappa shape index (κ1) is 17.1. The van der Waals surface area contributed by atoms with E-state index in [0.29, 0.717) is 18.0 Å². The second kappa shape index (κ2) is 6.65. The Hall–Kier alpha value is -0.980. The fraction of sp³-hybridized carbons (Fsp3) is 0.571. The number of nitrogens with zero attached hydrogens (tertiary/aromatic N) is 1. The monoisotopic (exact) mass is 302 g/mol. The third-order valence-corrected chi connectivity index (χ3v) is 5.09. The highest BCUT2D eigenvalue weighted by Crippen LogP contribution is 2.22. The van der Waals surface area contributed by atoms with Crippen molar-refractivity contribution in [1.29, 1.82) is 0 Å². The molecule has 0 aromatic heterocycles. The molecule has 0 amide bonds. The number of hydrogen-bond donors (Lipinski definition) is 1. The second-order valence-corrected chi connectivity index (χ2v) is 7.47. The molecule has 6 heteroatoms. The minimum atomic E-state index is -3.60. The van der Waals surface area contributed by atoms with E-state index in [0.717, 1.165) is 6.42 Å². The van der Waals surface area contributed by atoms with Gasteiger partial charge in [0.15, 0.2) is 0 Å². The van der Waals surface area contributed by atoms with Gasteiger partial charge in [-0.15, -0.1) is 0 Å². The van der Waals surface area contributed by atoms with Gasteiger partial charge < -0.3 is 5.73 Å². The number of sulfonamides is 1. The highest BCUT2D eigenvalue weighted by molar-refractivity contribution is 7.89. The van der Waals surface area contributed by atoms with Crippen molar-refractivity contribution in [2.75, 3.05) is 13.6 Å². The fourth-order valence-corrected chi connectivity index (χ4v) is 3.17. The summed E-state index contributed by atoms with van der Waals surface area (Å²) in [6, 6.07) is 2.68. The van der Waals surface area contributed by atoms with E-state index in [1.54, 1.807) is 14.0 Å². The van der Waals surface area contributed by atoms with Crippen molar-refractivity contribution in [3.8, 4) is 0 Å². The van der Waals surface area contributed by atoms with Gasteiger partial charge in [-0.1, -0.05) is 13.8 Å². The van der Waals surface area contributed by atoms with Crippen LogP contribution in [0, 0.1) is 18.7 Å². The maximum atomic E-state index is 13.7. The molecular formula is C14H23FN2O2S. The summed E-state index contributed by atoms with van der Waals surface area (Å²) in [5.41, 5.74) is 5.98. The van der Waals surface area contributed by atoms with Crippen LogP contribution in [0.5, 0.6) is 0 Å². The Morgan fingerprint density at radius 1 is 1.35 bits per heavy atom. The first-order chi connectivity index (χ1) is 9.20. The van der Waals surface area contributed by atoms with E-state index < -0.39 is 15.8 Å². The highest BCUT2D eigenvalue weighted by atomic mass is 32.2. The molecule has 0 unspecified atom stereocenters. The smallest absolute Gasteiger partial charge is 0.242 e. The predicted molar refractivity (Wildman–Crippen MR) is 78.3 cm³/mol. The maximum absolute atomic E-state index is 13.7. The van der Waals surface area contributed by atoms with Crippen molar-refractivity contribution >= 4 is 10.0 Å². The number of benzene rings is 1. The largest absolute Gasteiger partial charge is 0.326 e. The van der Waals surface area contributed by atoms with Crippen molar-refractivity contribution in [3.63, 3.8) is 0 Å². The standard InChI is InChI=1S/C14H23FN2O2S/c1-10(2)5-6-17(4)20(18,19)13-7-11(3)14(15)12(8-13)9-16/h7-8,10H,5-6,9,16H2,1-4H3. The minimum Gasteiger partial charge on any atom is -0.326 e. The Morgan fingerprint density at radius 2 is 1.95 bits per heavy atom. The van der Waals surface area contributed by atoms with Crippen LogP contribution >= 0.6 is 0 Å². The van der Waals surface area contributed by atoms with Gasteiger partial charge in [-0.2, -0.15) is 0 Å². The number of rotatable bonds is 6. The van der Waals surface area contributed by atoms with Crippen molar-refractivity contribution in [3.05, 3.63) is 29.1 Å². The third kappa shape index (κ3) is 3.77. The van der Waals surface area contributed by atoms with E-state index in [4.69, 9.17) is 5.73 Å². The molecule has 0 fully saturated rings. The Balaban J connectivity index is 3.12. The molecule has 0 heterocycles. The summed E-state index contributed by atoms with van der Waals surface area (Å²) in [5.74, 6) is -0.0153. The average molecular weight is 302 g/mol. The lowest BCUT2D eigenvalue weighted by Gasteiger charge is -2.19. The molecule has 0 bridgehead atoms.